The average Bonchev–Trinajstić information content (AvgIpc) is 3.03. The van der Waals surface area contributed by atoms with Gasteiger partial charge in [0, 0.05) is 38.7 Å². The van der Waals surface area contributed by atoms with E-state index in [1.807, 2.05) is 7.05 Å². The third-order valence-corrected chi connectivity index (χ3v) is 5.81. The molecule has 3 unspecified atom stereocenters. The van der Waals surface area contributed by atoms with E-state index in [0.29, 0.717) is 5.41 Å². The molecule has 1 N–H and O–H groups in total. The first-order valence-electron chi connectivity index (χ1n) is 8.88. The van der Waals surface area contributed by atoms with Gasteiger partial charge in [-0.3, -0.25) is 4.99 Å². The lowest BCUT2D eigenvalue weighted by Crippen LogP contribution is -2.42. The van der Waals surface area contributed by atoms with Crippen molar-refractivity contribution in [3.8, 4) is 0 Å². The number of ether oxygens (including phenoxy) is 1. The molecule has 4 rings (SSSR count). The first-order valence-corrected chi connectivity index (χ1v) is 8.88. The average molecular weight is 441 g/mol. The molecular formula is C19H28IN3O. The van der Waals surface area contributed by atoms with E-state index in [9.17, 15) is 0 Å². The maximum atomic E-state index is 5.63. The Kier molecular flexibility index (Phi) is 5.70. The predicted molar refractivity (Wildman–Crippen MR) is 108 cm³/mol. The van der Waals surface area contributed by atoms with E-state index in [1.165, 1.54) is 24.8 Å². The van der Waals surface area contributed by atoms with E-state index in [0.717, 1.165) is 50.6 Å². The molecule has 3 aliphatic rings. The highest BCUT2D eigenvalue weighted by Gasteiger charge is 2.43. The minimum atomic E-state index is 0. The van der Waals surface area contributed by atoms with Crippen molar-refractivity contribution in [3.63, 3.8) is 0 Å². The molecule has 1 aromatic rings. The number of guanidine groups is 1. The van der Waals surface area contributed by atoms with Crippen molar-refractivity contribution in [1.29, 1.82) is 0 Å². The summed E-state index contributed by atoms with van der Waals surface area (Å²) in [6, 6.07) is 10.9. The highest BCUT2D eigenvalue weighted by molar-refractivity contribution is 14.0. The van der Waals surface area contributed by atoms with Crippen LogP contribution in [0, 0.1) is 11.3 Å². The summed E-state index contributed by atoms with van der Waals surface area (Å²) in [6.45, 7) is 5.10. The lowest BCUT2D eigenvalue weighted by atomic mass is 9.87. The van der Waals surface area contributed by atoms with Gasteiger partial charge in [0.1, 0.15) is 0 Å². The van der Waals surface area contributed by atoms with E-state index in [1.54, 1.807) is 0 Å². The van der Waals surface area contributed by atoms with E-state index in [4.69, 9.17) is 4.74 Å². The fourth-order valence-corrected chi connectivity index (χ4v) is 4.22. The number of likely N-dealkylation sites (tertiary alicyclic amines) is 1. The molecule has 0 radical (unpaired) electrons. The Morgan fingerprint density at radius 3 is 2.88 bits per heavy atom. The maximum Gasteiger partial charge on any atom is 0.193 e. The molecule has 3 atom stereocenters. The number of nitrogens with one attached hydrogen (secondary N) is 1. The van der Waals surface area contributed by atoms with Gasteiger partial charge < -0.3 is 15.0 Å². The van der Waals surface area contributed by atoms with Crippen molar-refractivity contribution >= 4 is 29.9 Å². The monoisotopic (exact) mass is 441 g/mol. The van der Waals surface area contributed by atoms with Crippen LogP contribution in [0.5, 0.6) is 0 Å². The first-order chi connectivity index (χ1) is 11.3. The summed E-state index contributed by atoms with van der Waals surface area (Å²) < 4.78 is 5.63. The van der Waals surface area contributed by atoms with Crippen LogP contribution in [0.2, 0.25) is 0 Å². The Morgan fingerprint density at radius 1 is 1.33 bits per heavy atom. The lowest BCUT2D eigenvalue weighted by molar-refractivity contribution is 0.156. The summed E-state index contributed by atoms with van der Waals surface area (Å²) in [6.07, 6.45) is 3.74. The van der Waals surface area contributed by atoms with Crippen LogP contribution in [0.25, 0.3) is 0 Å². The van der Waals surface area contributed by atoms with E-state index in [-0.39, 0.29) is 24.0 Å². The third-order valence-electron chi connectivity index (χ3n) is 5.81. The number of hydrogen-bond donors (Lipinski definition) is 1. The molecular weight excluding hydrogens is 413 g/mol. The maximum absolute atomic E-state index is 5.63. The summed E-state index contributed by atoms with van der Waals surface area (Å²) in [5.41, 5.74) is 1.88. The summed E-state index contributed by atoms with van der Waals surface area (Å²) in [4.78, 5) is 6.94. The Labute approximate surface area is 162 Å². The fraction of sp³-hybridized carbons (Fsp3) is 0.632. The van der Waals surface area contributed by atoms with Gasteiger partial charge in [-0.15, -0.1) is 24.0 Å². The lowest BCUT2D eigenvalue weighted by Gasteiger charge is -2.25. The molecule has 24 heavy (non-hydrogen) atoms. The van der Waals surface area contributed by atoms with Gasteiger partial charge in [0.05, 0.1) is 6.61 Å². The molecule has 1 aromatic carbocycles. The minimum absolute atomic E-state index is 0. The van der Waals surface area contributed by atoms with Crippen LogP contribution in [-0.4, -0.2) is 50.8 Å². The summed E-state index contributed by atoms with van der Waals surface area (Å²) >= 11 is 0. The Hall–Kier alpha value is -0.820. The van der Waals surface area contributed by atoms with Gasteiger partial charge in [-0.2, -0.15) is 0 Å². The second-order valence-corrected chi connectivity index (χ2v) is 7.42. The second kappa shape index (κ2) is 7.60. The molecule has 4 nitrogen and oxygen atoms in total. The van der Waals surface area contributed by atoms with Gasteiger partial charge in [0.15, 0.2) is 5.96 Å². The highest BCUT2D eigenvalue weighted by atomic mass is 127. The van der Waals surface area contributed by atoms with Crippen molar-refractivity contribution in [3.05, 3.63) is 35.9 Å². The van der Waals surface area contributed by atoms with Gasteiger partial charge in [-0.05, 0) is 36.7 Å². The standard InChI is InChI=1S/C19H27N3O.HI/c1-20-18(22-9-7-19(13-22)8-10-23-14-19)21-12-16-11-17(16)15-5-3-2-4-6-15;/h2-6,16-17H,7-14H2,1H3,(H,20,21);1H. The zero-order valence-electron chi connectivity index (χ0n) is 14.4. The Balaban J connectivity index is 0.00000169. The normalized spacial score (nSPS) is 32.0. The zero-order valence-corrected chi connectivity index (χ0v) is 16.7. The van der Waals surface area contributed by atoms with Crippen LogP contribution in [0.15, 0.2) is 35.3 Å². The molecule has 1 saturated carbocycles. The smallest absolute Gasteiger partial charge is 0.193 e. The Morgan fingerprint density at radius 2 is 2.17 bits per heavy atom. The van der Waals surface area contributed by atoms with Crippen LogP contribution in [0.1, 0.15) is 30.7 Å². The van der Waals surface area contributed by atoms with Gasteiger partial charge in [-0.1, -0.05) is 30.3 Å². The number of halogens is 1. The van der Waals surface area contributed by atoms with Gasteiger partial charge in [0.25, 0.3) is 0 Å². The van der Waals surface area contributed by atoms with Crippen LogP contribution in [0.3, 0.4) is 0 Å². The molecule has 5 heteroatoms. The van der Waals surface area contributed by atoms with E-state index < -0.39 is 0 Å². The molecule has 2 aliphatic heterocycles. The largest absolute Gasteiger partial charge is 0.381 e. The second-order valence-electron chi connectivity index (χ2n) is 7.42. The SMILES string of the molecule is CN=C(NCC1CC1c1ccccc1)N1CCC2(CCOC2)C1.I. The predicted octanol–water partition coefficient (Wildman–Crippen LogP) is 3.10. The zero-order chi connectivity index (χ0) is 15.7. The van der Waals surface area contributed by atoms with Crippen LogP contribution in [0.4, 0.5) is 0 Å². The molecule has 0 bridgehead atoms. The third kappa shape index (κ3) is 3.72. The van der Waals surface area contributed by atoms with Crippen molar-refractivity contribution in [1.82, 2.24) is 10.2 Å². The molecule has 132 valence electrons. The first kappa shape index (κ1) is 18.0. The number of nitrogens with zero attached hydrogens (tertiary/aromatic N) is 2. The molecule has 1 spiro atoms. The van der Waals surface area contributed by atoms with Crippen molar-refractivity contribution < 1.29 is 4.74 Å². The van der Waals surface area contributed by atoms with Crippen LogP contribution in [-0.2, 0) is 4.74 Å². The van der Waals surface area contributed by atoms with Crippen LogP contribution >= 0.6 is 24.0 Å². The van der Waals surface area contributed by atoms with E-state index in [2.05, 4.69) is 45.5 Å². The molecule has 0 aromatic heterocycles. The molecule has 0 amide bonds. The van der Waals surface area contributed by atoms with Crippen molar-refractivity contribution in [2.75, 3.05) is 39.9 Å². The summed E-state index contributed by atoms with van der Waals surface area (Å²) in [7, 11) is 1.90. The summed E-state index contributed by atoms with van der Waals surface area (Å²) in [5.74, 6) is 2.56. The highest BCUT2D eigenvalue weighted by Crippen LogP contribution is 2.46. The van der Waals surface area contributed by atoms with Crippen molar-refractivity contribution in [2.45, 2.75) is 25.2 Å². The Bertz CT molecular complexity index is 571. The van der Waals surface area contributed by atoms with Crippen molar-refractivity contribution in [2.24, 2.45) is 16.3 Å². The van der Waals surface area contributed by atoms with Gasteiger partial charge >= 0.3 is 0 Å². The van der Waals surface area contributed by atoms with E-state index >= 15 is 0 Å². The fourth-order valence-electron chi connectivity index (χ4n) is 4.22. The van der Waals surface area contributed by atoms with Gasteiger partial charge in [0.2, 0.25) is 0 Å². The number of hydrogen-bond acceptors (Lipinski definition) is 2. The molecule has 2 saturated heterocycles. The van der Waals surface area contributed by atoms with Gasteiger partial charge in [-0.25, -0.2) is 0 Å². The molecule has 3 fully saturated rings. The molecule has 1 aliphatic carbocycles. The number of rotatable bonds is 3. The number of benzene rings is 1. The van der Waals surface area contributed by atoms with Crippen LogP contribution < -0.4 is 5.32 Å². The quantitative estimate of drug-likeness (QED) is 0.445. The molecule has 2 heterocycles. The topological polar surface area (TPSA) is 36.9 Å². The number of aliphatic imine (C=N–C) groups is 1. The minimum Gasteiger partial charge on any atom is -0.381 e. The summed E-state index contributed by atoms with van der Waals surface area (Å²) in [5, 5.41) is 3.61.